The number of nitrogens with one attached hydrogen (secondary N) is 1. The summed E-state index contributed by atoms with van der Waals surface area (Å²) in [4.78, 5) is 9.06. The van der Waals surface area contributed by atoms with Crippen LogP contribution in [0.25, 0.3) is 0 Å². The second-order valence-electron chi connectivity index (χ2n) is 5.74. The maximum atomic E-state index is 9.05. The smallest absolute Gasteiger partial charge is 0.231 e. The second kappa shape index (κ2) is 8.18. The summed E-state index contributed by atoms with van der Waals surface area (Å²) in [5.74, 6) is 2.33. The van der Waals surface area contributed by atoms with Gasteiger partial charge in [-0.1, -0.05) is 0 Å². The van der Waals surface area contributed by atoms with E-state index in [2.05, 4.69) is 20.1 Å². The highest BCUT2D eigenvalue weighted by atomic mass is 16.7. The normalized spacial score (nSPS) is 18.1. The zero-order valence-electron chi connectivity index (χ0n) is 13.8. The zero-order valence-corrected chi connectivity index (χ0v) is 13.8. The minimum atomic E-state index is 0.198. The quantitative estimate of drug-likeness (QED) is 0.504. The Hall–Kier alpha value is -2.03. The molecule has 0 saturated carbocycles. The van der Waals surface area contributed by atoms with Crippen LogP contribution in [0.3, 0.4) is 0 Å². The van der Waals surface area contributed by atoms with Crippen LogP contribution in [-0.4, -0.2) is 80.1 Å². The third kappa shape index (κ3) is 4.08. The highest BCUT2D eigenvalue weighted by molar-refractivity contribution is 5.94. The van der Waals surface area contributed by atoms with Crippen LogP contribution < -0.4 is 20.5 Å². The van der Waals surface area contributed by atoms with Crippen LogP contribution in [0.2, 0.25) is 0 Å². The number of hydrogen-bond donors (Lipinski definition) is 3. The number of aliphatic imine (C=N–C) groups is 1. The number of hydrogen-bond acceptors (Lipinski definition) is 6. The molecule has 2 aliphatic heterocycles. The topological polar surface area (TPSA) is 95.6 Å². The van der Waals surface area contributed by atoms with Crippen molar-refractivity contribution in [2.45, 2.75) is 0 Å². The highest BCUT2D eigenvalue weighted by Gasteiger charge is 2.20. The minimum absolute atomic E-state index is 0.198. The molecule has 0 atom stereocenters. The van der Waals surface area contributed by atoms with Gasteiger partial charge in [-0.05, 0) is 12.1 Å². The van der Waals surface area contributed by atoms with Crippen molar-refractivity contribution in [2.75, 3.05) is 64.5 Å². The Bertz CT molecular complexity index is 573. The summed E-state index contributed by atoms with van der Waals surface area (Å²) in [6.07, 6.45) is 0. The molecule has 0 spiro atoms. The van der Waals surface area contributed by atoms with E-state index in [1.807, 2.05) is 18.2 Å². The Morgan fingerprint density at radius 2 is 2.00 bits per heavy atom. The van der Waals surface area contributed by atoms with Gasteiger partial charge in [0, 0.05) is 51.0 Å². The van der Waals surface area contributed by atoms with Crippen molar-refractivity contribution < 1.29 is 14.6 Å². The van der Waals surface area contributed by atoms with Crippen molar-refractivity contribution >= 4 is 11.6 Å². The molecule has 1 aromatic rings. The van der Waals surface area contributed by atoms with Gasteiger partial charge in [0.1, 0.15) is 0 Å². The van der Waals surface area contributed by atoms with Crippen molar-refractivity contribution in [1.82, 2.24) is 9.80 Å². The molecule has 1 saturated heterocycles. The Morgan fingerprint density at radius 3 is 2.75 bits per heavy atom. The van der Waals surface area contributed by atoms with Crippen LogP contribution in [0.5, 0.6) is 11.5 Å². The molecule has 1 fully saturated rings. The Balaban J connectivity index is 1.66. The average molecular weight is 335 g/mol. The van der Waals surface area contributed by atoms with E-state index >= 15 is 0 Å². The lowest BCUT2D eigenvalue weighted by Crippen LogP contribution is -2.51. The van der Waals surface area contributed by atoms with Gasteiger partial charge in [0.2, 0.25) is 6.79 Å². The van der Waals surface area contributed by atoms with Gasteiger partial charge in [-0.2, -0.15) is 0 Å². The van der Waals surface area contributed by atoms with E-state index < -0.39 is 0 Å². The van der Waals surface area contributed by atoms with E-state index in [-0.39, 0.29) is 13.4 Å². The maximum Gasteiger partial charge on any atom is 0.231 e. The number of ether oxygens (including phenoxy) is 2. The van der Waals surface area contributed by atoms with Crippen LogP contribution in [0.1, 0.15) is 0 Å². The van der Waals surface area contributed by atoms with E-state index in [9.17, 15) is 0 Å². The number of β-amino-alcohol motifs (C(OH)–C–C–N with tert-alkyl or cyclic N) is 1. The molecule has 0 bridgehead atoms. The molecule has 2 aliphatic rings. The monoisotopic (exact) mass is 335 g/mol. The fourth-order valence-electron chi connectivity index (χ4n) is 2.82. The van der Waals surface area contributed by atoms with E-state index in [0.717, 1.165) is 55.9 Å². The predicted octanol–water partition coefficient (Wildman–Crippen LogP) is -0.248. The largest absolute Gasteiger partial charge is 0.454 e. The van der Waals surface area contributed by atoms with E-state index in [1.165, 1.54) is 0 Å². The fraction of sp³-hybridized carbons (Fsp3) is 0.562. The maximum absolute atomic E-state index is 9.05. The van der Waals surface area contributed by atoms with Crippen molar-refractivity contribution in [3.8, 4) is 11.5 Å². The van der Waals surface area contributed by atoms with Crippen LogP contribution in [0, 0.1) is 0 Å². The SMILES string of the molecule is NCCN=C(Nc1ccc2c(c1)OCO2)N1CCN(CCO)CC1. The van der Waals surface area contributed by atoms with Gasteiger partial charge in [0.25, 0.3) is 0 Å². The first kappa shape index (κ1) is 16.8. The molecule has 0 radical (unpaired) electrons. The first-order valence-corrected chi connectivity index (χ1v) is 8.29. The molecule has 8 heteroatoms. The molecule has 0 amide bonds. The third-order valence-electron chi connectivity index (χ3n) is 4.11. The van der Waals surface area contributed by atoms with Gasteiger partial charge in [0.05, 0.1) is 13.2 Å². The summed E-state index contributed by atoms with van der Waals surface area (Å²) in [5, 5.41) is 12.4. The molecular formula is C16H25N5O3. The van der Waals surface area contributed by atoms with Crippen molar-refractivity contribution in [3.05, 3.63) is 18.2 Å². The van der Waals surface area contributed by atoms with E-state index in [1.54, 1.807) is 0 Å². The summed E-state index contributed by atoms with van der Waals surface area (Å²) in [6, 6.07) is 5.76. The number of piperazine rings is 1. The molecule has 3 rings (SSSR count). The number of rotatable bonds is 5. The first-order valence-electron chi connectivity index (χ1n) is 8.29. The number of aliphatic hydroxyl groups excluding tert-OH is 1. The van der Waals surface area contributed by atoms with Crippen LogP contribution in [0.15, 0.2) is 23.2 Å². The number of nitrogens with zero attached hydrogens (tertiary/aromatic N) is 3. The lowest BCUT2D eigenvalue weighted by Gasteiger charge is -2.36. The third-order valence-corrected chi connectivity index (χ3v) is 4.11. The van der Waals surface area contributed by atoms with Crippen molar-refractivity contribution in [2.24, 2.45) is 10.7 Å². The van der Waals surface area contributed by atoms with Gasteiger partial charge in [-0.25, -0.2) is 0 Å². The number of nitrogens with two attached hydrogens (primary N) is 1. The average Bonchev–Trinajstić information content (AvgIpc) is 3.07. The van der Waals surface area contributed by atoms with Gasteiger partial charge < -0.3 is 30.5 Å². The van der Waals surface area contributed by atoms with E-state index in [0.29, 0.717) is 13.1 Å². The summed E-state index contributed by atoms with van der Waals surface area (Å²) in [7, 11) is 0. The second-order valence-corrected chi connectivity index (χ2v) is 5.74. The summed E-state index contributed by atoms with van der Waals surface area (Å²) in [5.41, 5.74) is 6.52. The number of fused-ring (bicyclic) bond motifs is 1. The Morgan fingerprint density at radius 1 is 1.21 bits per heavy atom. The molecular weight excluding hydrogens is 310 g/mol. The zero-order chi connectivity index (χ0) is 16.8. The number of guanidine groups is 1. The Labute approximate surface area is 141 Å². The molecule has 8 nitrogen and oxygen atoms in total. The van der Waals surface area contributed by atoms with Gasteiger partial charge >= 0.3 is 0 Å². The molecule has 132 valence electrons. The highest BCUT2D eigenvalue weighted by Crippen LogP contribution is 2.34. The van der Waals surface area contributed by atoms with Crippen LogP contribution >= 0.6 is 0 Å². The lowest BCUT2D eigenvalue weighted by atomic mass is 10.2. The molecule has 4 N–H and O–H groups in total. The van der Waals surface area contributed by atoms with Crippen LogP contribution in [0.4, 0.5) is 5.69 Å². The molecule has 24 heavy (non-hydrogen) atoms. The number of aliphatic hydroxyl groups is 1. The van der Waals surface area contributed by atoms with E-state index in [4.69, 9.17) is 20.3 Å². The molecule has 0 aromatic heterocycles. The molecule has 1 aromatic carbocycles. The summed E-state index contributed by atoms with van der Waals surface area (Å²) < 4.78 is 10.8. The molecule has 0 unspecified atom stereocenters. The predicted molar refractivity (Wildman–Crippen MR) is 92.6 cm³/mol. The van der Waals surface area contributed by atoms with Gasteiger partial charge in [-0.15, -0.1) is 0 Å². The minimum Gasteiger partial charge on any atom is -0.454 e. The van der Waals surface area contributed by atoms with Crippen molar-refractivity contribution in [3.63, 3.8) is 0 Å². The summed E-state index contributed by atoms with van der Waals surface area (Å²) in [6.45, 7) is 5.81. The first-order chi connectivity index (χ1) is 11.8. The standard InChI is InChI=1S/C16H25N5O3/c17-3-4-18-16(21-7-5-20(6-8-21)9-10-22)19-13-1-2-14-15(11-13)24-12-23-14/h1-2,11,22H,3-10,12,17H2,(H,18,19). The van der Waals surface area contributed by atoms with Crippen molar-refractivity contribution in [1.29, 1.82) is 0 Å². The fourth-order valence-corrected chi connectivity index (χ4v) is 2.82. The Kier molecular flexibility index (Phi) is 5.73. The molecule has 2 heterocycles. The van der Waals surface area contributed by atoms with Crippen LogP contribution in [-0.2, 0) is 0 Å². The van der Waals surface area contributed by atoms with Gasteiger partial charge in [0.15, 0.2) is 17.5 Å². The molecule has 0 aliphatic carbocycles. The summed E-state index contributed by atoms with van der Waals surface area (Å²) >= 11 is 0. The van der Waals surface area contributed by atoms with Gasteiger partial charge in [-0.3, -0.25) is 9.89 Å². The number of benzene rings is 1. The number of anilines is 1. The lowest BCUT2D eigenvalue weighted by molar-refractivity contribution is 0.147.